The molecular weight excluding hydrogens is 190 g/mol. The monoisotopic (exact) mass is 211 g/mol. The van der Waals surface area contributed by atoms with Gasteiger partial charge in [0.1, 0.15) is 0 Å². The van der Waals surface area contributed by atoms with Crippen molar-refractivity contribution in [1.29, 1.82) is 0 Å². The minimum Gasteiger partial charge on any atom is -0.393 e. The van der Waals surface area contributed by atoms with E-state index in [-0.39, 0.29) is 12.0 Å². The highest BCUT2D eigenvalue weighted by Gasteiger charge is 2.24. The first-order valence-electron chi connectivity index (χ1n) is 5.69. The molecule has 0 spiro atoms. The topological polar surface area (TPSA) is 40.5 Å². The van der Waals surface area contributed by atoms with Crippen LogP contribution in [0.25, 0.3) is 0 Å². The molecule has 1 amide bonds. The molecule has 0 aromatic rings. The number of allylic oxidation sites excluding steroid dienone is 1. The molecule has 0 aliphatic heterocycles. The van der Waals surface area contributed by atoms with Crippen molar-refractivity contribution >= 4 is 5.91 Å². The van der Waals surface area contributed by atoms with Crippen molar-refractivity contribution in [3.63, 3.8) is 0 Å². The van der Waals surface area contributed by atoms with Gasteiger partial charge in [0.2, 0.25) is 5.91 Å². The van der Waals surface area contributed by atoms with E-state index >= 15 is 0 Å². The first-order chi connectivity index (χ1) is 7.15. The number of hydrogen-bond donors (Lipinski definition) is 1. The number of carbonyl (C=O) groups excluding carboxylic acids is 1. The molecule has 0 unspecified atom stereocenters. The minimum atomic E-state index is -0.155. The molecule has 1 saturated carbocycles. The largest absolute Gasteiger partial charge is 0.393 e. The number of aliphatic hydroxyl groups excluding tert-OH is 1. The summed E-state index contributed by atoms with van der Waals surface area (Å²) in [6.45, 7) is 3.61. The highest BCUT2D eigenvalue weighted by molar-refractivity contribution is 5.76. The zero-order valence-corrected chi connectivity index (χ0v) is 9.48. The quantitative estimate of drug-likeness (QED) is 0.719. The fourth-order valence-electron chi connectivity index (χ4n) is 2.05. The van der Waals surface area contributed by atoms with Gasteiger partial charge in [-0.25, -0.2) is 0 Å². The average Bonchev–Trinajstić information content (AvgIpc) is 2.26. The molecule has 1 N–H and O–H groups in total. The van der Waals surface area contributed by atoms with Gasteiger partial charge in [0.15, 0.2) is 0 Å². The molecule has 1 aliphatic carbocycles. The van der Waals surface area contributed by atoms with Crippen molar-refractivity contribution < 1.29 is 9.90 Å². The maximum atomic E-state index is 11.7. The second kappa shape index (κ2) is 5.91. The Kier molecular flexibility index (Phi) is 4.82. The van der Waals surface area contributed by atoms with Gasteiger partial charge in [-0.05, 0) is 32.1 Å². The molecule has 1 rings (SSSR count). The van der Waals surface area contributed by atoms with Gasteiger partial charge in [-0.1, -0.05) is 6.08 Å². The lowest BCUT2D eigenvalue weighted by atomic mass is 9.92. The van der Waals surface area contributed by atoms with Crippen molar-refractivity contribution in [2.75, 3.05) is 7.05 Å². The highest BCUT2D eigenvalue weighted by Crippen LogP contribution is 2.22. The van der Waals surface area contributed by atoms with Crippen LogP contribution in [0, 0.1) is 0 Å². The van der Waals surface area contributed by atoms with Crippen molar-refractivity contribution in [3.8, 4) is 0 Å². The Morgan fingerprint density at radius 1 is 1.47 bits per heavy atom. The average molecular weight is 211 g/mol. The van der Waals surface area contributed by atoms with E-state index in [0.717, 1.165) is 32.1 Å². The summed E-state index contributed by atoms with van der Waals surface area (Å²) >= 11 is 0. The summed E-state index contributed by atoms with van der Waals surface area (Å²) in [6, 6.07) is 0.325. The molecule has 0 heterocycles. The zero-order chi connectivity index (χ0) is 11.3. The van der Waals surface area contributed by atoms with Crippen molar-refractivity contribution in [3.05, 3.63) is 12.7 Å². The van der Waals surface area contributed by atoms with Gasteiger partial charge >= 0.3 is 0 Å². The van der Waals surface area contributed by atoms with Crippen LogP contribution >= 0.6 is 0 Å². The maximum Gasteiger partial charge on any atom is 0.222 e. The number of hydrogen-bond acceptors (Lipinski definition) is 2. The molecule has 3 nitrogen and oxygen atoms in total. The standard InChI is InChI=1S/C12H21NO2/c1-3-4-5-12(15)13(2)10-6-8-11(14)9-7-10/h3,10-11,14H,1,4-9H2,2H3. The minimum absolute atomic E-state index is 0.155. The van der Waals surface area contributed by atoms with Crippen LogP contribution in [-0.4, -0.2) is 35.1 Å². The van der Waals surface area contributed by atoms with Crippen LogP contribution < -0.4 is 0 Å². The Hall–Kier alpha value is -0.830. The van der Waals surface area contributed by atoms with Gasteiger partial charge in [-0.2, -0.15) is 0 Å². The second-order valence-corrected chi connectivity index (χ2v) is 4.29. The van der Waals surface area contributed by atoms with Crippen LogP contribution in [0.3, 0.4) is 0 Å². The van der Waals surface area contributed by atoms with E-state index in [2.05, 4.69) is 6.58 Å². The predicted octanol–water partition coefficient (Wildman–Crippen LogP) is 1.71. The number of amides is 1. The molecule has 0 atom stereocenters. The number of carbonyl (C=O) groups is 1. The molecule has 3 heteroatoms. The fraction of sp³-hybridized carbons (Fsp3) is 0.750. The van der Waals surface area contributed by atoms with Gasteiger partial charge < -0.3 is 10.0 Å². The number of aliphatic hydroxyl groups is 1. The van der Waals surface area contributed by atoms with Crippen LogP contribution in [0.15, 0.2) is 12.7 Å². The molecule has 0 aromatic carbocycles. The molecule has 0 bridgehead atoms. The number of nitrogens with zero attached hydrogens (tertiary/aromatic N) is 1. The summed E-state index contributed by atoms with van der Waals surface area (Å²) in [5, 5.41) is 9.37. The molecule has 0 aromatic heterocycles. The lowest BCUT2D eigenvalue weighted by Gasteiger charge is -2.33. The van der Waals surface area contributed by atoms with E-state index in [1.54, 1.807) is 6.08 Å². The van der Waals surface area contributed by atoms with E-state index in [9.17, 15) is 9.90 Å². The molecule has 15 heavy (non-hydrogen) atoms. The summed E-state index contributed by atoms with van der Waals surface area (Å²) in [6.07, 6.45) is 6.43. The summed E-state index contributed by atoms with van der Waals surface area (Å²) < 4.78 is 0. The van der Waals surface area contributed by atoms with Gasteiger partial charge in [0.25, 0.3) is 0 Å². The highest BCUT2D eigenvalue weighted by atomic mass is 16.3. The van der Waals surface area contributed by atoms with Crippen LogP contribution in [0.1, 0.15) is 38.5 Å². The zero-order valence-electron chi connectivity index (χ0n) is 9.48. The van der Waals surface area contributed by atoms with Gasteiger partial charge in [0.05, 0.1) is 6.10 Å². The van der Waals surface area contributed by atoms with E-state index in [4.69, 9.17) is 0 Å². The maximum absolute atomic E-state index is 11.7. The van der Waals surface area contributed by atoms with Gasteiger partial charge in [0, 0.05) is 19.5 Å². The van der Waals surface area contributed by atoms with Crippen molar-refractivity contribution in [2.24, 2.45) is 0 Å². The Morgan fingerprint density at radius 2 is 2.07 bits per heavy atom. The molecule has 0 saturated heterocycles. The molecule has 0 radical (unpaired) electrons. The Morgan fingerprint density at radius 3 is 2.60 bits per heavy atom. The summed E-state index contributed by atoms with van der Waals surface area (Å²) in [7, 11) is 1.87. The first kappa shape index (κ1) is 12.2. The lowest BCUT2D eigenvalue weighted by molar-refractivity contribution is -0.132. The SMILES string of the molecule is C=CCCC(=O)N(C)C1CCC(O)CC1. The third-order valence-electron chi connectivity index (χ3n) is 3.17. The summed E-state index contributed by atoms with van der Waals surface area (Å²) in [5.74, 6) is 0.191. The molecule has 1 aliphatic rings. The fourth-order valence-corrected chi connectivity index (χ4v) is 2.05. The van der Waals surface area contributed by atoms with Gasteiger partial charge in [-0.15, -0.1) is 6.58 Å². The normalized spacial score (nSPS) is 26.0. The molecule has 86 valence electrons. The Balaban J connectivity index is 2.35. The van der Waals surface area contributed by atoms with E-state index < -0.39 is 0 Å². The van der Waals surface area contributed by atoms with E-state index in [1.165, 1.54) is 0 Å². The van der Waals surface area contributed by atoms with Crippen LogP contribution in [0.2, 0.25) is 0 Å². The Labute approximate surface area is 91.8 Å². The van der Waals surface area contributed by atoms with Crippen molar-refractivity contribution in [1.82, 2.24) is 4.90 Å². The van der Waals surface area contributed by atoms with Crippen LogP contribution in [-0.2, 0) is 4.79 Å². The van der Waals surface area contributed by atoms with Gasteiger partial charge in [-0.3, -0.25) is 4.79 Å². The Bertz CT molecular complexity index is 220. The smallest absolute Gasteiger partial charge is 0.222 e. The van der Waals surface area contributed by atoms with E-state index in [0.29, 0.717) is 12.5 Å². The predicted molar refractivity (Wildman–Crippen MR) is 60.5 cm³/mol. The summed E-state index contributed by atoms with van der Waals surface area (Å²) in [4.78, 5) is 13.5. The summed E-state index contributed by atoms with van der Waals surface area (Å²) in [5.41, 5.74) is 0. The number of rotatable bonds is 4. The third kappa shape index (κ3) is 3.67. The lowest BCUT2D eigenvalue weighted by Crippen LogP contribution is -2.40. The van der Waals surface area contributed by atoms with Crippen molar-refractivity contribution in [2.45, 2.75) is 50.7 Å². The van der Waals surface area contributed by atoms with E-state index in [1.807, 2.05) is 11.9 Å². The molecular formula is C12H21NO2. The third-order valence-corrected chi connectivity index (χ3v) is 3.17. The van der Waals surface area contributed by atoms with Crippen LogP contribution in [0.4, 0.5) is 0 Å². The second-order valence-electron chi connectivity index (χ2n) is 4.29. The molecule has 1 fully saturated rings. The first-order valence-corrected chi connectivity index (χ1v) is 5.69. The van der Waals surface area contributed by atoms with Crippen LogP contribution in [0.5, 0.6) is 0 Å².